The maximum absolute atomic E-state index is 10.4. The second-order valence-electron chi connectivity index (χ2n) is 4.51. The van der Waals surface area contributed by atoms with Crippen LogP contribution in [-0.4, -0.2) is 27.2 Å². The smallest absolute Gasteiger partial charge is 0.122 e. The first-order chi connectivity index (χ1) is 9.17. The van der Waals surface area contributed by atoms with Gasteiger partial charge in [-0.2, -0.15) is 0 Å². The van der Waals surface area contributed by atoms with E-state index >= 15 is 0 Å². The molecule has 1 aromatic carbocycles. The zero-order chi connectivity index (χ0) is 13.8. The molecule has 0 bridgehead atoms. The van der Waals surface area contributed by atoms with Gasteiger partial charge in [0, 0.05) is 6.54 Å². The van der Waals surface area contributed by atoms with Crippen LogP contribution in [0.1, 0.15) is 36.3 Å². The summed E-state index contributed by atoms with van der Waals surface area (Å²) in [4.78, 5) is 0. The molecule has 5 heteroatoms. The van der Waals surface area contributed by atoms with Gasteiger partial charge in [-0.3, -0.25) is 0 Å². The van der Waals surface area contributed by atoms with Gasteiger partial charge in [-0.05, 0) is 36.6 Å². The lowest BCUT2D eigenvalue weighted by Gasteiger charge is -2.14. The molecule has 1 aromatic heterocycles. The number of hydrogen-bond acceptors (Lipinski definition) is 4. The number of aliphatic hydroxyl groups is 1. The van der Waals surface area contributed by atoms with E-state index in [4.69, 9.17) is 4.74 Å². The van der Waals surface area contributed by atoms with Gasteiger partial charge in [-0.25, -0.2) is 4.68 Å². The Morgan fingerprint density at radius 2 is 2.21 bits per heavy atom. The van der Waals surface area contributed by atoms with E-state index in [1.54, 1.807) is 18.0 Å². The van der Waals surface area contributed by atoms with Crippen LogP contribution in [0.15, 0.2) is 24.4 Å². The molecule has 2 rings (SSSR count). The van der Waals surface area contributed by atoms with Crippen LogP contribution in [0.5, 0.6) is 5.75 Å². The maximum atomic E-state index is 10.4. The van der Waals surface area contributed by atoms with Crippen LogP contribution in [0.3, 0.4) is 0 Å². The summed E-state index contributed by atoms with van der Waals surface area (Å²) in [5.74, 6) is 0.816. The Morgan fingerprint density at radius 1 is 1.42 bits per heavy atom. The molecule has 1 N–H and O–H groups in total. The minimum absolute atomic E-state index is 0.714. The molecular weight excluding hydrogens is 242 g/mol. The number of rotatable bonds is 5. The molecule has 0 fully saturated rings. The Hall–Kier alpha value is -1.88. The fourth-order valence-electron chi connectivity index (χ4n) is 2.11. The molecular formula is C14H19N3O2. The zero-order valence-electron chi connectivity index (χ0n) is 11.5. The van der Waals surface area contributed by atoms with Crippen molar-refractivity contribution in [1.29, 1.82) is 0 Å². The van der Waals surface area contributed by atoms with Crippen LogP contribution >= 0.6 is 0 Å². The van der Waals surface area contributed by atoms with E-state index in [0.29, 0.717) is 5.69 Å². The first kappa shape index (κ1) is 13.5. The molecule has 1 atom stereocenters. The quantitative estimate of drug-likeness (QED) is 0.895. The van der Waals surface area contributed by atoms with E-state index in [9.17, 15) is 5.11 Å². The van der Waals surface area contributed by atoms with Gasteiger partial charge in [-0.1, -0.05) is 18.2 Å². The number of benzene rings is 1. The molecule has 0 saturated carbocycles. The fourth-order valence-corrected chi connectivity index (χ4v) is 2.11. The number of hydrogen-bond donors (Lipinski definition) is 1. The van der Waals surface area contributed by atoms with Crippen LogP contribution in [0.25, 0.3) is 0 Å². The van der Waals surface area contributed by atoms with E-state index in [1.807, 2.05) is 25.1 Å². The van der Waals surface area contributed by atoms with E-state index in [0.717, 1.165) is 29.8 Å². The van der Waals surface area contributed by atoms with Crippen LogP contribution in [-0.2, 0) is 6.54 Å². The van der Waals surface area contributed by atoms with Crippen molar-refractivity contribution < 1.29 is 9.84 Å². The predicted octanol–water partition coefficient (Wildman–Crippen LogP) is 2.09. The molecule has 19 heavy (non-hydrogen) atoms. The van der Waals surface area contributed by atoms with Crippen molar-refractivity contribution >= 4 is 0 Å². The lowest BCUT2D eigenvalue weighted by atomic mass is 10.0. The van der Waals surface area contributed by atoms with Crippen LogP contribution in [0, 0.1) is 6.92 Å². The van der Waals surface area contributed by atoms with E-state index < -0.39 is 6.10 Å². The van der Waals surface area contributed by atoms with Gasteiger partial charge in [0.15, 0.2) is 0 Å². The van der Waals surface area contributed by atoms with Crippen molar-refractivity contribution in [3.05, 3.63) is 41.2 Å². The van der Waals surface area contributed by atoms with Gasteiger partial charge in [0.2, 0.25) is 0 Å². The van der Waals surface area contributed by atoms with Crippen molar-refractivity contribution in [2.75, 3.05) is 7.11 Å². The predicted molar refractivity (Wildman–Crippen MR) is 72.1 cm³/mol. The van der Waals surface area contributed by atoms with Crippen molar-refractivity contribution in [3.8, 4) is 5.75 Å². The first-order valence-corrected chi connectivity index (χ1v) is 6.38. The number of methoxy groups -OCH3 is 1. The van der Waals surface area contributed by atoms with Gasteiger partial charge in [0.05, 0.1) is 19.0 Å². The SMILES string of the molecule is CCCn1nncc1C(O)c1ccc(OC)c(C)c1. The van der Waals surface area contributed by atoms with Crippen LogP contribution in [0.4, 0.5) is 0 Å². The van der Waals surface area contributed by atoms with Gasteiger partial charge in [-0.15, -0.1) is 5.10 Å². The summed E-state index contributed by atoms with van der Waals surface area (Å²) in [5, 5.41) is 18.3. The minimum Gasteiger partial charge on any atom is -0.496 e. The first-order valence-electron chi connectivity index (χ1n) is 6.38. The van der Waals surface area contributed by atoms with E-state index in [-0.39, 0.29) is 0 Å². The number of aryl methyl sites for hydroxylation is 2. The summed E-state index contributed by atoms with van der Waals surface area (Å²) in [6, 6.07) is 5.65. The Kier molecular flexibility index (Phi) is 4.16. The van der Waals surface area contributed by atoms with Crippen molar-refractivity contribution in [2.45, 2.75) is 32.9 Å². The second-order valence-corrected chi connectivity index (χ2v) is 4.51. The Morgan fingerprint density at radius 3 is 2.84 bits per heavy atom. The standard InChI is InChI=1S/C14H19N3O2/c1-4-7-17-12(9-15-16-17)14(18)11-5-6-13(19-3)10(2)8-11/h5-6,8-9,14,18H,4,7H2,1-3H3. The number of aliphatic hydroxyl groups excluding tert-OH is 1. The molecule has 1 unspecified atom stereocenters. The van der Waals surface area contributed by atoms with Gasteiger partial charge < -0.3 is 9.84 Å². The Bertz CT molecular complexity index is 551. The topological polar surface area (TPSA) is 60.2 Å². The van der Waals surface area contributed by atoms with Crippen molar-refractivity contribution in [1.82, 2.24) is 15.0 Å². The molecule has 0 aliphatic heterocycles. The lowest BCUT2D eigenvalue weighted by molar-refractivity contribution is 0.207. The van der Waals surface area contributed by atoms with Gasteiger partial charge in [0.1, 0.15) is 11.9 Å². The molecule has 0 saturated heterocycles. The molecule has 0 aliphatic rings. The van der Waals surface area contributed by atoms with Crippen molar-refractivity contribution in [3.63, 3.8) is 0 Å². The average molecular weight is 261 g/mol. The van der Waals surface area contributed by atoms with Crippen LogP contribution < -0.4 is 4.74 Å². The summed E-state index contributed by atoms with van der Waals surface area (Å²) in [7, 11) is 1.64. The largest absolute Gasteiger partial charge is 0.496 e. The van der Waals surface area contributed by atoms with Crippen molar-refractivity contribution in [2.24, 2.45) is 0 Å². The summed E-state index contributed by atoms with van der Waals surface area (Å²) < 4.78 is 6.96. The normalized spacial score (nSPS) is 12.4. The number of aromatic nitrogens is 3. The van der Waals surface area contributed by atoms with Gasteiger partial charge in [0.25, 0.3) is 0 Å². The minimum atomic E-state index is -0.717. The Labute approximate surface area is 112 Å². The summed E-state index contributed by atoms with van der Waals surface area (Å²) in [6.07, 6.45) is 1.84. The lowest BCUT2D eigenvalue weighted by Crippen LogP contribution is -2.10. The van der Waals surface area contributed by atoms with E-state index in [2.05, 4.69) is 17.2 Å². The third-order valence-electron chi connectivity index (χ3n) is 3.10. The van der Waals surface area contributed by atoms with Crippen LogP contribution in [0.2, 0.25) is 0 Å². The highest BCUT2D eigenvalue weighted by Crippen LogP contribution is 2.26. The molecule has 0 aliphatic carbocycles. The summed E-state index contributed by atoms with van der Waals surface area (Å²) in [6.45, 7) is 4.77. The Balaban J connectivity index is 2.30. The number of ether oxygens (including phenoxy) is 1. The number of nitrogens with zero attached hydrogens (tertiary/aromatic N) is 3. The molecule has 0 spiro atoms. The molecule has 1 heterocycles. The van der Waals surface area contributed by atoms with Gasteiger partial charge >= 0.3 is 0 Å². The zero-order valence-corrected chi connectivity index (χ0v) is 11.5. The maximum Gasteiger partial charge on any atom is 0.122 e. The molecule has 5 nitrogen and oxygen atoms in total. The fraction of sp³-hybridized carbons (Fsp3) is 0.429. The highest BCUT2D eigenvalue weighted by atomic mass is 16.5. The molecule has 102 valence electrons. The molecule has 0 radical (unpaired) electrons. The second kappa shape index (κ2) is 5.84. The third kappa shape index (κ3) is 2.76. The molecule has 0 amide bonds. The highest BCUT2D eigenvalue weighted by Gasteiger charge is 2.16. The highest BCUT2D eigenvalue weighted by molar-refractivity contribution is 5.38. The summed E-state index contributed by atoms with van der Waals surface area (Å²) >= 11 is 0. The van der Waals surface area contributed by atoms with E-state index in [1.165, 1.54) is 0 Å². The third-order valence-corrected chi connectivity index (χ3v) is 3.10. The monoisotopic (exact) mass is 261 g/mol. The summed E-state index contributed by atoms with van der Waals surface area (Å²) in [5.41, 5.74) is 2.53. The average Bonchev–Trinajstić information content (AvgIpc) is 2.86. The molecule has 2 aromatic rings.